The second-order valence-corrected chi connectivity index (χ2v) is 12.1. The molecular formula is C35H70O3. The predicted octanol–water partition coefficient (Wildman–Crippen LogP) is 11.5. The van der Waals surface area contributed by atoms with E-state index in [1.165, 1.54) is 141 Å². The molecule has 0 aromatic carbocycles. The van der Waals surface area contributed by atoms with Gasteiger partial charge in [-0.05, 0) is 44.4 Å². The van der Waals surface area contributed by atoms with Crippen LogP contribution >= 0.6 is 0 Å². The summed E-state index contributed by atoms with van der Waals surface area (Å²) < 4.78 is 5.97. The van der Waals surface area contributed by atoms with Crippen molar-refractivity contribution < 1.29 is 14.6 Å². The topological polar surface area (TPSA) is 46.5 Å². The fraction of sp³-hybridized carbons (Fsp3) is 0.971. The van der Waals surface area contributed by atoms with Crippen molar-refractivity contribution in [2.45, 2.75) is 207 Å². The summed E-state index contributed by atoms with van der Waals surface area (Å²) in [6, 6.07) is 0. The smallest absolute Gasteiger partial charge is 0.306 e. The van der Waals surface area contributed by atoms with Crippen LogP contribution in [0, 0.1) is 5.92 Å². The zero-order valence-electron chi connectivity index (χ0n) is 26.4. The molecule has 0 bridgehead atoms. The first-order valence-electron chi connectivity index (χ1n) is 17.5. The minimum absolute atomic E-state index is 0.0324. The predicted molar refractivity (Wildman–Crippen MR) is 167 cm³/mol. The lowest BCUT2D eigenvalue weighted by atomic mass is 9.92. The minimum atomic E-state index is 0.0324. The maximum atomic E-state index is 12.5. The third kappa shape index (κ3) is 27.0. The number of unbranched alkanes of at least 4 members (excludes halogenated alkanes) is 18. The molecule has 0 saturated heterocycles. The SMILES string of the molecule is CCCCCCCCCCC(CCO)CCCCCCC(=O)OC(CCCCCCC)CCCCCCC. The molecule has 0 aromatic heterocycles. The van der Waals surface area contributed by atoms with Crippen LogP contribution in [0.5, 0.6) is 0 Å². The Balaban J connectivity index is 4.01. The number of rotatable bonds is 31. The first-order chi connectivity index (χ1) is 18.7. The van der Waals surface area contributed by atoms with Crippen molar-refractivity contribution in [3.05, 3.63) is 0 Å². The summed E-state index contributed by atoms with van der Waals surface area (Å²) in [7, 11) is 0. The maximum absolute atomic E-state index is 12.5. The van der Waals surface area contributed by atoms with Gasteiger partial charge in [-0.25, -0.2) is 0 Å². The first-order valence-corrected chi connectivity index (χ1v) is 17.5. The number of aliphatic hydroxyl groups is 1. The number of carbonyl (C=O) groups is 1. The third-order valence-corrected chi connectivity index (χ3v) is 8.30. The lowest BCUT2D eigenvalue weighted by Gasteiger charge is -2.18. The molecule has 1 atom stereocenters. The van der Waals surface area contributed by atoms with E-state index in [1.54, 1.807) is 0 Å². The molecule has 228 valence electrons. The van der Waals surface area contributed by atoms with Gasteiger partial charge in [-0.3, -0.25) is 4.79 Å². The average molecular weight is 539 g/mol. The van der Waals surface area contributed by atoms with Gasteiger partial charge in [0.15, 0.2) is 0 Å². The minimum Gasteiger partial charge on any atom is -0.462 e. The molecule has 1 unspecified atom stereocenters. The normalized spacial score (nSPS) is 12.3. The van der Waals surface area contributed by atoms with Crippen LogP contribution in [0.3, 0.4) is 0 Å². The van der Waals surface area contributed by atoms with Crippen LogP contribution in [0.4, 0.5) is 0 Å². The van der Waals surface area contributed by atoms with E-state index in [4.69, 9.17) is 4.74 Å². The maximum Gasteiger partial charge on any atom is 0.306 e. The number of esters is 1. The second-order valence-electron chi connectivity index (χ2n) is 12.1. The third-order valence-electron chi connectivity index (χ3n) is 8.30. The van der Waals surface area contributed by atoms with E-state index in [0.29, 0.717) is 18.9 Å². The lowest BCUT2D eigenvalue weighted by Crippen LogP contribution is -2.18. The number of hydrogen-bond acceptors (Lipinski definition) is 3. The van der Waals surface area contributed by atoms with Crippen molar-refractivity contribution in [1.29, 1.82) is 0 Å². The van der Waals surface area contributed by atoms with Gasteiger partial charge in [0.1, 0.15) is 6.10 Å². The molecule has 0 fully saturated rings. The van der Waals surface area contributed by atoms with Crippen molar-refractivity contribution in [3.63, 3.8) is 0 Å². The molecule has 1 N–H and O–H groups in total. The Morgan fingerprint density at radius 2 is 0.868 bits per heavy atom. The van der Waals surface area contributed by atoms with Gasteiger partial charge < -0.3 is 9.84 Å². The van der Waals surface area contributed by atoms with E-state index in [1.807, 2.05) is 0 Å². The van der Waals surface area contributed by atoms with E-state index in [-0.39, 0.29) is 12.1 Å². The Bertz CT molecular complexity index is 450. The van der Waals surface area contributed by atoms with E-state index in [0.717, 1.165) is 32.1 Å². The van der Waals surface area contributed by atoms with Crippen molar-refractivity contribution in [3.8, 4) is 0 Å². The van der Waals surface area contributed by atoms with Gasteiger partial charge in [0.05, 0.1) is 0 Å². The Labute approximate surface area is 239 Å². The molecule has 0 heterocycles. The van der Waals surface area contributed by atoms with Crippen LogP contribution in [0.25, 0.3) is 0 Å². The molecule has 38 heavy (non-hydrogen) atoms. The molecule has 0 spiro atoms. The van der Waals surface area contributed by atoms with Gasteiger partial charge in [0.25, 0.3) is 0 Å². The molecule has 3 nitrogen and oxygen atoms in total. The van der Waals surface area contributed by atoms with Crippen LogP contribution in [-0.2, 0) is 9.53 Å². The van der Waals surface area contributed by atoms with E-state index in [9.17, 15) is 9.90 Å². The van der Waals surface area contributed by atoms with Crippen molar-refractivity contribution in [1.82, 2.24) is 0 Å². The van der Waals surface area contributed by atoms with E-state index in [2.05, 4.69) is 20.8 Å². The molecule has 0 amide bonds. The van der Waals surface area contributed by atoms with Crippen molar-refractivity contribution in [2.75, 3.05) is 6.61 Å². The van der Waals surface area contributed by atoms with Gasteiger partial charge in [-0.15, -0.1) is 0 Å². The van der Waals surface area contributed by atoms with Crippen LogP contribution in [0.1, 0.15) is 201 Å². The zero-order valence-corrected chi connectivity index (χ0v) is 26.4. The summed E-state index contributed by atoms with van der Waals surface area (Å²) >= 11 is 0. The highest BCUT2D eigenvalue weighted by atomic mass is 16.5. The average Bonchev–Trinajstić information content (AvgIpc) is 2.91. The van der Waals surface area contributed by atoms with Gasteiger partial charge in [-0.1, -0.05) is 156 Å². The molecule has 0 aliphatic carbocycles. The number of hydrogen-bond donors (Lipinski definition) is 1. The zero-order chi connectivity index (χ0) is 27.9. The van der Waals surface area contributed by atoms with Gasteiger partial charge in [0, 0.05) is 13.0 Å². The summed E-state index contributed by atoms with van der Waals surface area (Å²) in [5, 5.41) is 9.47. The van der Waals surface area contributed by atoms with Gasteiger partial charge in [0.2, 0.25) is 0 Å². The van der Waals surface area contributed by atoms with Crippen LogP contribution in [0.2, 0.25) is 0 Å². The molecule has 0 rings (SSSR count). The summed E-state index contributed by atoms with van der Waals surface area (Å²) in [5.41, 5.74) is 0. The van der Waals surface area contributed by atoms with Gasteiger partial charge >= 0.3 is 5.97 Å². The molecule has 0 aliphatic heterocycles. The Kier molecular flexibility index (Phi) is 30.5. The first kappa shape index (κ1) is 37.4. The molecular weight excluding hydrogens is 468 g/mol. The molecule has 0 radical (unpaired) electrons. The quantitative estimate of drug-likeness (QED) is 0.0705. The Morgan fingerprint density at radius 3 is 1.29 bits per heavy atom. The largest absolute Gasteiger partial charge is 0.462 e. The lowest BCUT2D eigenvalue weighted by molar-refractivity contribution is -0.150. The van der Waals surface area contributed by atoms with Crippen LogP contribution in [-0.4, -0.2) is 23.8 Å². The standard InChI is InChI=1S/C35H70O3/c1-4-7-10-13-14-15-18-21-26-33(31-32-36)27-22-19-20-25-30-35(37)38-34(28-23-16-11-8-5-2)29-24-17-12-9-6-3/h33-34,36H,4-32H2,1-3H3. The van der Waals surface area contributed by atoms with Crippen molar-refractivity contribution in [2.24, 2.45) is 5.92 Å². The number of carbonyl (C=O) groups excluding carboxylic acids is 1. The van der Waals surface area contributed by atoms with Crippen LogP contribution < -0.4 is 0 Å². The molecule has 0 aromatic rings. The monoisotopic (exact) mass is 539 g/mol. The summed E-state index contributed by atoms with van der Waals surface area (Å²) in [6.07, 6.45) is 34.5. The highest BCUT2D eigenvalue weighted by Gasteiger charge is 2.14. The highest BCUT2D eigenvalue weighted by molar-refractivity contribution is 5.69. The number of ether oxygens (including phenoxy) is 1. The van der Waals surface area contributed by atoms with Gasteiger partial charge in [-0.2, -0.15) is 0 Å². The fourth-order valence-corrected chi connectivity index (χ4v) is 5.70. The molecule has 3 heteroatoms. The molecule has 0 aliphatic rings. The second kappa shape index (κ2) is 31.0. The highest BCUT2D eigenvalue weighted by Crippen LogP contribution is 2.22. The van der Waals surface area contributed by atoms with Crippen LogP contribution in [0.15, 0.2) is 0 Å². The van der Waals surface area contributed by atoms with E-state index < -0.39 is 0 Å². The summed E-state index contributed by atoms with van der Waals surface area (Å²) in [4.78, 5) is 12.5. The summed E-state index contributed by atoms with van der Waals surface area (Å²) in [5.74, 6) is 0.713. The fourth-order valence-electron chi connectivity index (χ4n) is 5.70. The number of aliphatic hydroxyl groups excluding tert-OH is 1. The Morgan fingerprint density at radius 1 is 0.500 bits per heavy atom. The summed E-state index contributed by atoms with van der Waals surface area (Å²) in [6.45, 7) is 7.11. The van der Waals surface area contributed by atoms with E-state index >= 15 is 0 Å². The Hall–Kier alpha value is -0.570. The van der Waals surface area contributed by atoms with Crippen molar-refractivity contribution >= 4 is 5.97 Å². The molecule has 0 saturated carbocycles.